The molecule has 2 aliphatic heterocycles. The predicted octanol–water partition coefficient (Wildman–Crippen LogP) is 4.96. The molecule has 29 heavy (non-hydrogen) atoms. The van der Waals surface area contributed by atoms with Crippen molar-refractivity contribution in [1.29, 1.82) is 5.26 Å². The second kappa shape index (κ2) is 8.40. The Morgan fingerprint density at radius 2 is 2.07 bits per heavy atom. The fraction of sp³-hybridized carbons (Fsp3) is 0.273. The third-order valence-corrected chi connectivity index (χ3v) is 6.45. The molecule has 0 N–H and O–H groups in total. The minimum Gasteiger partial charge on any atom is -0.494 e. The Labute approximate surface area is 179 Å². The summed E-state index contributed by atoms with van der Waals surface area (Å²) in [7, 11) is 0. The number of hydrogen-bond acceptors (Lipinski definition) is 5. The summed E-state index contributed by atoms with van der Waals surface area (Å²) in [6.07, 6.45) is 0.282. The molecule has 4 rings (SSSR count). The first kappa shape index (κ1) is 19.7. The van der Waals surface area contributed by atoms with Crippen LogP contribution in [0.2, 0.25) is 5.02 Å². The van der Waals surface area contributed by atoms with Crippen LogP contribution < -0.4 is 9.64 Å². The molecular weight excluding hydrogens is 406 g/mol. The molecule has 0 bridgehead atoms. The van der Waals surface area contributed by atoms with Gasteiger partial charge >= 0.3 is 0 Å². The van der Waals surface area contributed by atoms with Crippen molar-refractivity contribution >= 4 is 35.0 Å². The molecule has 2 aliphatic rings. The molecule has 1 atom stereocenters. The highest BCUT2D eigenvalue weighted by Gasteiger charge is 2.38. The lowest BCUT2D eigenvalue weighted by Crippen LogP contribution is -2.47. The van der Waals surface area contributed by atoms with Crippen LogP contribution in [0.5, 0.6) is 5.75 Å². The van der Waals surface area contributed by atoms with Gasteiger partial charge in [-0.15, -0.1) is 0 Å². The Kier molecular flexibility index (Phi) is 5.70. The number of nitrogens with zero attached hydrogens (tertiary/aromatic N) is 3. The SMILES string of the molecule is CCOc1ccc([C@@H]2CC(=O)N3CN(c4cccc(Cl)c4)CSC3=C2C#N)cc1. The lowest BCUT2D eigenvalue weighted by Gasteiger charge is -2.42. The molecule has 0 saturated carbocycles. The number of carbonyl (C=O) groups is 1. The zero-order chi connectivity index (χ0) is 20.4. The second-order valence-electron chi connectivity index (χ2n) is 6.85. The first-order valence-corrected chi connectivity index (χ1v) is 10.8. The van der Waals surface area contributed by atoms with Gasteiger partial charge < -0.3 is 9.64 Å². The number of anilines is 1. The number of thioether (sulfide) groups is 1. The summed E-state index contributed by atoms with van der Waals surface area (Å²) in [6, 6.07) is 17.6. The van der Waals surface area contributed by atoms with E-state index in [0.717, 1.165) is 22.0 Å². The van der Waals surface area contributed by atoms with Crippen LogP contribution in [0.4, 0.5) is 5.69 Å². The standard InChI is InChI=1S/C22H20ClN3O2S/c1-2-28-18-8-6-15(7-9-18)19-11-21(27)26-13-25(14-29-22(26)20(19)12-24)17-5-3-4-16(23)10-17/h3-10,19H,2,11,13-14H2,1H3/t19-/m0/s1. The van der Waals surface area contributed by atoms with E-state index in [1.54, 1.807) is 4.90 Å². The van der Waals surface area contributed by atoms with Crippen molar-refractivity contribution in [1.82, 2.24) is 4.90 Å². The normalized spacial score (nSPS) is 19.1. The lowest BCUT2D eigenvalue weighted by molar-refractivity contribution is -0.129. The predicted molar refractivity (Wildman–Crippen MR) is 116 cm³/mol. The minimum atomic E-state index is -0.223. The van der Waals surface area contributed by atoms with Crippen molar-refractivity contribution < 1.29 is 9.53 Å². The van der Waals surface area contributed by atoms with Gasteiger partial charge in [-0.2, -0.15) is 5.26 Å². The average Bonchev–Trinajstić information content (AvgIpc) is 2.74. The van der Waals surface area contributed by atoms with Crippen molar-refractivity contribution in [2.75, 3.05) is 24.1 Å². The highest BCUT2D eigenvalue weighted by Crippen LogP contribution is 2.43. The minimum absolute atomic E-state index is 0.0251. The number of carbonyl (C=O) groups excluding carboxylic acids is 1. The van der Waals surface area contributed by atoms with Crippen LogP contribution in [0.1, 0.15) is 24.8 Å². The summed E-state index contributed by atoms with van der Waals surface area (Å²) in [6.45, 7) is 2.96. The monoisotopic (exact) mass is 425 g/mol. The summed E-state index contributed by atoms with van der Waals surface area (Å²) in [5.74, 6) is 1.24. The fourth-order valence-corrected chi connectivity index (χ4v) is 5.00. The van der Waals surface area contributed by atoms with Crippen LogP contribution >= 0.6 is 23.4 Å². The van der Waals surface area contributed by atoms with Gasteiger partial charge in [0.25, 0.3) is 0 Å². The van der Waals surface area contributed by atoms with E-state index in [1.807, 2.05) is 55.5 Å². The number of hydrogen-bond donors (Lipinski definition) is 0. The molecule has 2 aromatic rings. The Bertz CT molecular complexity index is 1000. The fourth-order valence-electron chi connectivity index (χ4n) is 3.65. The molecule has 0 aliphatic carbocycles. The quantitative estimate of drug-likeness (QED) is 0.693. The largest absolute Gasteiger partial charge is 0.494 e. The molecule has 1 amide bonds. The van der Waals surface area contributed by atoms with Crippen LogP contribution in [0, 0.1) is 11.3 Å². The van der Waals surface area contributed by atoms with E-state index in [-0.39, 0.29) is 18.2 Å². The average molecular weight is 426 g/mol. The Hall–Kier alpha value is -2.62. The van der Waals surface area contributed by atoms with Crippen LogP contribution in [-0.4, -0.2) is 30.0 Å². The maximum absolute atomic E-state index is 13.0. The number of allylic oxidation sites excluding steroid dienone is 1. The van der Waals surface area contributed by atoms with Crippen molar-refractivity contribution in [3.63, 3.8) is 0 Å². The summed E-state index contributed by atoms with van der Waals surface area (Å²) in [5, 5.41) is 11.3. The molecule has 2 heterocycles. The summed E-state index contributed by atoms with van der Waals surface area (Å²) in [4.78, 5) is 16.8. The molecule has 1 saturated heterocycles. The van der Waals surface area contributed by atoms with Gasteiger partial charge in [-0.05, 0) is 42.8 Å². The third kappa shape index (κ3) is 3.93. The van der Waals surface area contributed by atoms with Crippen LogP contribution in [0.15, 0.2) is 59.1 Å². The van der Waals surface area contributed by atoms with Gasteiger partial charge in [-0.3, -0.25) is 9.69 Å². The molecule has 0 radical (unpaired) electrons. The van der Waals surface area contributed by atoms with Gasteiger partial charge in [0, 0.05) is 23.0 Å². The van der Waals surface area contributed by atoms with Crippen molar-refractivity contribution in [2.24, 2.45) is 0 Å². The van der Waals surface area contributed by atoms with Gasteiger partial charge in [0.15, 0.2) is 0 Å². The van der Waals surface area contributed by atoms with E-state index in [0.29, 0.717) is 29.7 Å². The van der Waals surface area contributed by atoms with E-state index < -0.39 is 0 Å². The zero-order valence-corrected chi connectivity index (χ0v) is 17.5. The Balaban J connectivity index is 1.62. The van der Waals surface area contributed by atoms with Crippen molar-refractivity contribution in [2.45, 2.75) is 19.3 Å². The Morgan fingerprint density at radius 3 is 2.76 bits per heavy atom. The number of amides is 1. The highest BCUT2D eigenvalue weighted by atomic mass is 35.5. The zero-order valence-electron chi connectivity index (χ0n) is 16.0. The summed E-state index contributed by atoms with van der Waals surface area (Å²) < 4.78 is 5.50. The van der Waals surface area contributed by atoms with Crippen molar-refractivity contribution in [3.05, 3.63) is 69.7 Å². The molecule has 0 spiro atoms. The van der Waals surface area contributed by atoms with Gasteiger partial charge in [-0.25, -0.2) is 0 Å². The van der Waals surface area contributed by atoms with E-state index >= 15 is 0 Å². The molecule has 148 valence electrons. The number of rotatable bonds is 4. The smallest absolute Gasteiger partial charge is 0.229 e. The molecule has 7 heteroatoms. The number of ether oxygens (including phenoxy) is 1. The van der Waals surface area contributed by atoms with Gasteiger partial charge in [0.2, 0.25) is 5.91 Å². The van der Waals surface area contributed by atoms with Crippen LogP contribution in [0.25, 0.3) is 0 Å². The summed E-state index contributed by atoms with van der Waals surface area (Å²) >= 11 is 7.64. The van der Waals surface area contributed by atoms with E-state index in [9.17, 15) is 10.1 Å². The van der Waals surface area contributed by atoms with Crippen LogP contribution in [0.3, 0.4) is 0 Å². The first-order valence-electron chi connectivity index (χ1n) is 9.41. The Morgan fingerprint density at radius 1 is 1.28 bits per heavy atom. The van der Waals surface area contributed by atoms with Gasteiger partial charge in [0.1, 0.15) is 5.75 Å². The third-order valence-electron chi connectivity index (χ3n) is 5.06. The molecular formula is C22H20ClN3O2S. The second-order valence-corrected chi connectivity index (χ2v) is 8.22. The number of nitriles is 1. The van der Waals surface area contributed by atoms with E-state index in [4.69, 9.17) is 16.3 Å². The van der Waals surface area contributed by atoms with Crippen molar-refractivity contribution in [3.8, 4) is 11.8 Å². The highest BCUT2D eigenvalue weighted by molar-refractivity contribution is 8.03. The molecule has 0 unspecified atom stereocenters. The van der Waals surface area contributed by atoms with Crippen LogP contribution in [-0.2, 0) is 4.79 Å². The number of fused-ring (bicyclic) bond motifs is 1. The first-order chi connectivity index (χ1) is 14.1. The molecule has 1 fully saturated rings. The lowest BCUT2D eigenvalue weighted by atomic mass is 9.86. The number of benzene rings is 2. The number of halogens is 1. The van der Waals surface area contributed by atoms with E-state index in [2.05, 4.69) is 11.0 Å². The maximum atomic E-state index is 13.0. The van der Waals surface area contributed by atoms with Gasteiger partial charge in [-0.1, -0.05) is 41.6 Å². The molecule has 2 aromatic carbocycles. The molecule has 0 aromatic heterocycles. The summed E-state index contributed by atoms with van der Waals surface area (Å²) in [5.41, 5.74) is 2.58. The van der Waals surface area contributed by atoms with E-state index in [1.165, 1.54) is 11.8 Å². The molecule has 5 nitrogen and oxygen atoms in total. The topological polar surface area (TPSA) is 56.6 Å². The van der Waals surface area contributed by atoms with Gasteiger partial charge in [0.05, 0.1) is 35.8 Å². The maximum Gasteiger partial charge on any atom is 0.229 e.